The molecule has 5 aromatic rings. The number of ether oxygens (including phenoxy) is 2. The Balaban J connectivity index is 1.24. The van der Waals surface area contributed by atoms with Crippen LogP contribution >= 0.6 is 0 Å². The number of para-hydroxylation sites is 2. The molecule has 1 aliphatic carbocycles. The molecule has 0 heterocycles. The molecule has 3 amide bonds. The molecule has 5 aromatic carbocycles. The topological polar surface area (TPSA) is 97.0 Å². The highest BCUT2D eigenvalue weighted by atomic mass is 19.4. The van der Waals surface area contributed by atoms with E-state index in [1.807, 2.05) is 42.5 Å². The summed E-state index contributed by atoms with van der Waals surface area (Å²) >= 11 is 0. The second-order valence-electron chi connectivity index (χ2n) is 14.0. The molecule has 0 aromatic heterocycles. The van der Waals surface area contributed by atoms with Crippen molar-refractivity contribution in [2.45, 2.75) is 50.9 Å². The van der Waals surface area contributed by atoms with Gasteiger partial charge in [0.25, 0.3) is 5.91 Å². The number of nitrogens with zero attached hydrogens (tertiary/aromatic N) is 1. The maximum Gasteiger partial charge on any atom is 0.410 e. The Bertz CT molecular complexity index is 2080. The lowest BCUT2D eigenvalue weighted by molar-refractivity contribution is -0.141. The highest BCUT2D eigenvalue weighted by Gasteiger charge is 2.50. The number of benzene rings is 5. The van der Waals surface area contributed by atoms with Gasteiger partial charge in [0.15, 0.2) is 0 Å². The van der Waals surface area contributed by atoms with Gasteiger partial charge >= 0.3 is 12.3 Å². The van der Waals surface area contributed by atoms with Crippen LogP contribution < -0.4 is 15.4 Å². The van der Waals surface area contributed by atoms with Crippen molar-refractivity contribution < 1.29 is 37.0 Å². The van der Waals surface area contributed by atoms with Crippen molar-refractivity contribution >= 4 is 23.6 Å². The Morgan fingerprint density at radius 2 is 1.30 bits per heavy atom. The molecule has 0 aliphatic heterocycles. The molecular weight excluding hydrogens is 695 g/mol. The number of carbonyl (C=O) groups is 3. The average molecular weight is 736 g/mol. The number of nitrogens with one attached hydrogen (secondary N) is 2. The standard InChI is InChI=1S/C43H40F3N3O5/c1-41(2,3)54-40(52)49(26-25-42(39(51)47-28-43(44,45)46)35-18-10-7-15-32(35)33-16-8-11-19-36(33)42)27-29-21-23-30(24-22-29)48-38(50)34-17-9-12-20-37(34)53-31-13-5-4-6-14-31/h4-24H,25-28H2,1-3H3,(H,47,51)(H,48,50). The first-order valence-corrected chi connectivity index (χ1v) is 17.5. The molecular formula is C43H40F3N3O5. The highest BCUT2D eigenvalue weighted by Crippen LogP contribution is 2.51. The fourth-order valence-corrected chi connectivity index (χ4v) is 6.62. The Kier molecular flexibility index (Phi) is 10.8. The fourth-order valence-electron chi connectivity index (χ4n) is 6.62. The molecule has 6 rings (SSSR count). The number of rotatable bonds is 11. The van der Waals surface area contributed by atoms with Crippen LogP contribution in [0.25, 0.3) is 11.1 Å². The molecule has 0 fully saturated rings. The van der Waals surface area contributed by atoms with Gasteiger partial charge in [-0.05, 0) is 91.4 Å². The normalized spacial score (nSPS) is 12.9. The average Bonchev–Trinajstić information content (AvgIpc) is 3.43. The molecule has 11 heteroatoms. The monoisotopic (exact) mass is 735 g/mol. The second kappa shape index (κ2) is 15.5. The first kappa shape index (κ1) is 37.7. The quantitative estimate of drug-likeness (QED) is 0.141. The fraction of sp³-hybridized carbons (Fsp3) is 0.233. The zero-order valence-electron chi connectivity index (χ0n) is 30.1. The van der Waals surface area contributed by atoms with E-state index in [0.717, 1.165) is 11.1 Å². The Hall–Kier alpha value is -6.10. The minimum atomic E-state index is -4.62. The lowest BCUT2D eigenvalue weighted by atomic mass is 9.74. The number of amides is 3. The molecule has 278 valence electrons. The van der Waals surface area contributed by atoms with E-state index < -0.39 is 35.7 Å². The van der Waals surface area contributed by atoms with Crippen LogP contribution in [0.5, 0.6) is 11.5 Å². The number of carbonyl (C=O) groups excluding carboxylic acids is 3. The third-order valence-corrected chi connectivity index (χ3v) is 9.00. The lowest BCUT2D eigenvalue weighted by Crippen LogP contribution is -2.49. The van der Waals surface area contributed by atoms with Crippen LogP contribution in [0.1, 0.15) is 54.2 Å². The van der Waals surface area contributed by atoms with Crippen LogP contribution in [0, 0.1) is 0 Å². The van der Waals surface area contributed by atoms with Crippen molar-refractivity contribution in [2.24, 2.45) is 0 Å². The van der Waals surface area contributed by atoms with Gasteiger partial charge in [-0.2, -0.15) is 13.2 Å². The second-order valence-corrected chi connectivity index (χ2v) is 14.0. The van der Waals surface area contributed by atoms with Gasteiger partial charge in [0.2, 0.25) is 5.91 Å². The van der Waals surface area contributed by atoms with Crippen molar-refractivity contribution in [1.82, 2.24) is 10.2 Å². The van der Waals surface area contributed by atoms with Gasteiger partial charge in [-0.1, -0.05) is 91.0 Å². The van der Waals surface area contributed by atoms with Crippen molar-refractivity contribution in [3.05, 3.63) is 150 Å². The van der Waals surface area contributed by atoms with Crippen LogP contribution in [0.3, 0.4) is 0 Å². The molecule has 0 bridgehead atoms. The van der Waals surface area contributed by atoms with Crippen LogP contribution in [0.15, 0.2) is 127 Å². The molecule has 0 saturated heterocycles. The number of hydrogen-bond donors (Lipinski definition) is 2. The minimum Gasteiger partial charge on any atom is -0.457 e. The number of hydrogen-bond acceptors (Lipinski definition) is 5. The predicted octanol–water partition coefficient (Wildman–Crippen LogP) is 9.50. The third kappa shape index (κ3) is 8.57. The zero-order chi connectivity index (χ0) is 38.5. The van der Waals surface area contributed by atoms with E-state index in [-0.39, 0.29) is 25.4 Å². The van der Waals surface area contributed by atoms with E-state index in [4.69, 9.17) is 9.47 Å². The van der Waals surface area contributed by atoms with Crippen LogP contribution in [-0.4, -0.2) is 47.7 Å². The smallest absolute Gasteiger partial charge is 0.410 e. The largest absolute Gasteiger partial charge is 0.457 e. The Labute approximate surface area is 311 Å². The van der Waals surface area contributed by atoms with Crippen molar-refractivity contribution in [1.29, 1.82) is 0 Å². The van der Waals surface area contributed by atoms with Gasteiger partial charge in [-0.3, -0.25) is 9.59 Å². The molecule has 1 aliphatic rings. The van der Waals surface area contributed by atoms with Crippen molar-refractivity contribution in [3.63, 3.8) is 0 Å². The summed E-state index contributed by atoms with van der Waals surface area (Å²) in [6, 6.07) is 37.3. The van der Waals surface area contributed by atoms with E-state index >= 15 is 0 Å². The van der Waals surface area contributed by atoms with Gasteiger partial charge < -0.3 is 25.0 Å². The molecule has 0 saturated carbocycles. The number of alkyl halides is 3. The molecule has 0 spiro atoms. The first-order chi connectivity index (χ1) is 25.7. The van der Waals surface area contributed by atoms with Crippen LogP contribution in [-0.2, 0) is 21.5 Å². The summed E-state index contributed by atoms with van der Waals surface area (Å²) < 4.78 is 51.9. The minimum absolute atomic E-state index is 0.0252. The number of halogens is 3. The summed E-state index contributed by atoms with van der Waals surface area (Å²) in [7, 11) is 0. The lowest BCUT2D eigenvalue weighted by Gasteiger charge is -2.34. The maximum absolute atomic E-state index is 14.1. The van der Waals surface area contributed by atoms with Gasteiger partial charge in [0, 0.05) is 18.8 Å². The van der Waals surface area contributed by atoms with E-state index in [1.165, 1.54) is 4.90 Å². The molecule has 0 atom stereocenters. The van der Waals surface area contributed by atoms with Gasteiger partial charge in [-0.15, -0.1) is 0 Å². The van der Waals surface area contributed by atoms with Crippen LogP contribution in [0.4, 0.5) is 23.7 Å². The molecule has 8 nitrogen and oxygen atoms in total. The Morgan fingerprint density at radius 3 is 1.91 bits per heavy atom. The summed E-state index contributed by atoms with van der Waals surface area (Å²) in [5, 5.41) is 5.03. The van der Waals surface area contributed by atoms with Crippen molar-refractivity contribution in [3.8, 4) is 22.6 Å². The molecule has 2 N–H and O–H groups in total. The molecule has 0 unspecified atom stereocenters. The third-order valence-electron chi connectivity index (χ3n) is 9.00. The summed E-state index contributed by atoms with van der Waals surface area (Å²) in [4.78, 5) is 42.5. The maximum atomic E-state index is 14.1. The summed E-state index contributed by atoms with van der Waals surface area (Å²) in [5.74, 6) is -0.206. The Morgan fingerprint density at radius 1 is 0.722 bits per heavy atom. The molecule has 54 heavy (non-hydrogen) atoms. The number of fused-ring (bicyclic) bond motifs is 3. The predicted molar refractivity (Wildman–Crippen MR) is 200 cm³/mol. The summed E-state index contributed by atoms with van der Waals surface area (Å²) in [6.45, 7) is 3.73. The SMILES string of the molecule is CC(C)(C)OC(=O)N(CCC1(C(=O)NCC(F)(F)F)c2ccccc2-c2ccccc21)Cc1ccc(NC(=O)c2ccccc2Oc2ccccc2)cc1. The molecule has 0 radical (unpaired) electrons. The van der Waals surface area contributed by atoms with Gasteiger partial charge in [-0.25, -0.2) is 4.79 Å². The first-order valence-electron chi connectivity index (χ1n) is 17.5. The highest BCUT2D eigenvalue weighted by molar-refractivity contribution is 6.06. The van der Waals surface area contributed by atoms with E-state index in [9.17, 15) is 27.6 Å². The summed E-state index contributed by atoms with van der Waals surface area (Å²) in [5.41, 5.74) is 1.76. The van der Waals surface area contributed by atoms with Crippen LogP contribution in [0.2, 0.25) is 0 Å². The number of anilines is 1. The van der Waals surface area contributed by atoms with E-state index in [2.05, 4.69) is 10.6 Å². The zero-order valence-corrected chi connectivity index (χ0v) is 30.1. The van der Waals surface area contributed by atoms with E-state index in [0.29, 0.717) is 39.4 Å². The van der Waals surface area contributed by atoms with Crippen molar-refractivity contribution in [2.75, 3.05) is 18.4 Å². The summed E-state index contributed by atoms with van der Waals surface area (Å²) in [6.07, 6.45) is -5.30. The van der Waals surface area contributed by atoms with Gasteiger partial charge in [0.1, 0.15) is 29.1 Å². The van der Waals surface area contributed by atoms with E-state index in [1.54, 1.807) is 106 Å². The van der Waals surface area contributed by atoms with Gasteiger partial charge in [0.05, 0.1) is 5.56 Å².